The molecule has 0 atom stereocenters. The Labute approximate surface area is 95.7 Å². The highest BCUT2D eigenvalue weighted by Gasteiger charge is 2.13. The third-order valence-corrected chi connectivity index (χ3v) is 3.31. The van der Waals surface area contributed by atoms with Crippen LogP contribution in [0.5, 0.6) is 0 Å². The number of para-hydroxylation sites is 1. The molecule has 4 nitrogen and oxygen atoms in total. The van der Waals surface area contributed by atoms with E-state index in [0.29, 0.717) is 22.7 Å². The summed E-state index contributed by atoms with van der Waals surface area (Å²) in [6.45, 7) is 1.93. The van der Waals surface area contributed by atoms with Gasteiger partial charge >= 0.3 is 0 Å². The first-order chi connectivity index (χ1) is 7.75. The molecule has 80 valence electrons. The van der Waals surface area contributed by atoms with E-state index in [1.165, 1.54) is 11.3 Å². The minimum Gasteiger partial charge on any atom is -0.435 e. The summed E-state index contributed by atoms with van der Waals surface area (Å²) in [5.74, 6) is 0.591. The monoisotopic (exact) mass is 231 g/mol. The summed E-state index contributed by atoms with van der Waals surface area (Å²) in [6.07, 6.45) is 0. The van der Waals surface area contributed by atoms with E-state index in [4.69, 9.17) is 10.2 Å². The minimum atomic E-state index is 0.591. The number of nitrogens with zero attached hydrogens (tertiary/aromatic N) is 2. The number of fused-ring (bicyclic) bond motifs is 1. The number of thiazole rings is 1. The van der Waals surface area contributed by atoms with Crippen molar-refractivity contribution in [1.82, 2.24) is 9.97 Å². The van der Waals surface area contributed by atoms with Crippen LogP contribution in [0.15, 0.2) is 28.1 Å². The number of hydrogen-bond donors (Lipinski definition) is 1. The van der Waals surface area contributed by atoms with Gasteiger partial charge < -0.3 is 10.2 Å². The first kappa shape index (κ1) is 9.35. The average Bonchev–Trinajstić information content (AvgIpc) is 2.84. The van der Waals surface area contributed by atoms with Crippen LogP contribution in [0.1, 0.15) is 5.69 Å². The Morgan fingerprint density at radius 2 is 2.25 bits per heavy atom. The average molecular weight is 231 g/mol. The number of rotatable bonds is 1. The van der Waals surface area contributed by atoms with Crippen LogP contribution in [0.25, 0.3) is 21.9 Å². The summed E-state index contributed by atoms with van der Waals surface area (Å²) in [6, 6.07) is 5.53. The zero-order valence-electron chi connectivity index (χ0n) is 8.60. The van der Waals surface area contributed by atoms with Crippen molar-refractivity contribution in [2.45, 2.75) is 6.92 Å². The molecule has 0 aliphatic carbocycles. The first-order valence-electron chi connectivity index (χ1n) is 4.81. The van der Waals surface area contributed by atoms with E-state index in [0.717, 1.165) is 10.6 Å². The minimum absolute atomic E-state index is 0.591. The molecule has 0 radical (unpaired) electrons. The van der Waals surface area contributed by atoms with Crippen LogP contribution in [-0.2, 0) is 0 Å². The predicted molar refractivity (Wildman–Crippen MR) is 64.3 cm³/mol. The third kappa shape index (κ3) is 1.29. The van der Waals surface area contributed by atoms with Crippen molar-refractivity contribution >= 4 is 28.1 Å². The zero-order chi connectivity index (χ0) is 11.1. The molecule has 0 saturated heterocycles. The smallest absolute Gasteiger partial charge is 0.239 e. The highest BCUT2D eigenvalue weighted by atomic mass is 32.1. The molecule has 0 amide bonds. The Morgan fingerprint density at radius 3 is 2.94 bits per heavy atom. The number of oxazole rings is 1. The third-order valence-electron chi connectivity index (χ3n) is 2.39. The summed E-state index contributed by atoms with van der Waals surface area (Å²) in [5, 5.41) is 0. The Hall–Kier alpha value is -1.88. The molecule has 5 heteroatoms. The largest absolute Gasteiger partial charge is 0.435 e. The van der Waals surface area contributed by atoms with Gasteiger partial charge in [-0.1, -0.05) is 6.07 Å². The second-order valence-electron chi connectivity index (χ2n) is 3.48. The molecular weight excluding hydrogens is 222 g/mol. The van der Waals surface area contributed by atoms with E-state index in [1.54, 1.807) is 5.51 Å². The predicted octanol–water partition coefficient (Wildman–Crippen LogP) is 2.84. The highest BCUT2D eigenvalue weighted by Crippen LogP contribution is 2.31. The van der Waals surface area contributed by atoms with Crippen LogP contribution in [0.2, 0.25) is 0 Å². The Kier molecular flexibility index (Phi) is 1.94. The Morgan fingerprint density at radius 1 is 1.38 bits per heavy atom. The van der Waals surface area contributed by atoms with Crippen molar-refractivity contribution in [1.29, 1.82) is 0 Å². The van der Waals surface area contributed by atoms with Gasteiger partial charge in [-0.15, -0.1) is 11.3 Å². The van der Waals surface area contributed by atoms with Gasteiger partial charge in [0.2, 0.25) is 5.89 Å². The van der Waals surface area contributed by atoms with Gasteiger partial charge in [-0.3, -0.25) is 0 Å². The number of anilines is 1. The van der Waals surface area contributed by atoms with Gasteiger partial charge in [-0.05, 0) is 19.1 Å². The van der Waals surface area contributed by atoms with E-state index < -0.39 is 0 Å². The van der Waals surface area contributed by atoms with Crippen molar-refractivity contribution in [2.24, 2.45) is 0 Å². The molecule has 3 rings (SSSR count). The van der Waals surface area contributed by atoms with Crippen LogP contribution in [0.4, 0.5) is 5.69 Å². The number of aromatic nitrogens is 2. The fraction of sp³-hybridized carbons (Fsp3) is 0.0909. The lowest BCUT2D eigenvalue weighted by Crippen LogP contribution is -1.85. The summed E-state index contributed by atoms with van der Waals surface area (Å²) in [7, 11) is 0. The number of nitrogens with two attached hydrogens (primary N) is 1. The summed E-state index contributed by atoms with van der Waals surface area (Å²) < 4.78 is 5.65. The highest BCUT2D eigenvalue weighted by molar-refractivity contribution is 7.13. The zero-order valence-corrected chi connectivity index (χ0v) is 9.41. The molecule has 3 aromatic rings. The van der Waals surface area contributed by atoms with Crippen molar-refractivity contribution in [3.63, 3.8) is 0 Å². The van der Waals surface area contributed by atoms with Gasteiger partial charge in [-0.25, -0.2) is 9.97 Å². The van der Waals surface area contributed by atoms with E-state index in [-0.39, 0.29) is 0 Å². The van der Waals surface area contributed by atoms with Crippen molar-refractivity contribution in [3.05, 3.63) is 29.4 Å². The van der Waals surface area contributed by atoms with Crippen molar-refractivity contribution in [2.75, 3.05) is 5.73 Å². The van der Waals surface area contributed by atoms with Crippen LogP contribution >= 0.6 is 11.3 Å². The molecular formula is C11H9N3OS. The lowest BCUT2D eigenvalue weighted by molar-refractivity contribution is 0.621. The molecule has 0 aliphatic rings. The van der Waals surface area contributed by atoms with Gasteiger partial charge in [0.15, 0.2) is 5.58 Å². The number of benzene rings is 1. The lowest BCUT2D eigenvalue weighted by Gasteiger charge is -1.89. The molecule has 2 heterocycles. The fourth-order valence-corrected chi connectivity index (χ4v) is 2.30. The quantitative estimate of drug-likeness (QED) is 0.654. The van der Waals surface area contributed by atoms with Crippen molar-refractivity contribution < 1.29 is 4.42 Å². The van der Waals surface area contributed by atoms with Gasteiger partial charge in [0, 0.05) is 0 Å². The number of aryl methyl sites for hydroxylation is 1. The standard InChI is InChI=1S/C11H9N3OS/c1-6-10(16-5-13-6)11-14-9-7(12)3-2-4-8(9)15-11/h2-5H,12H2,1H3. The molecule has 0 fully saturated rings. The van der Waals surface area contributed by atoms with E-state index >= 15 is 0 Å². The van der Waals surface area contributed by atoms with Gasteiger partial charge in [0.1, 0.15) is 10.4 Å². The van der Waals surface area contributed by atoms with Crippen LogP contribution in [-0.4, -0.2) is 9.97 Å². The maximum Gasteiger partial charge on any atom is 0.239 e. The Balaban J connectivity index is 2.27. The second kappa shape index (κ2) is 3.31. The molecule has 0 bridgehead atoms. The number of hydrogen-bond acceptors (Lipinski definition) is 5. The molecule has 16 heavy (non-hydrogen) atoms. The topological polar surface area (TPSA) is 64.9 Å². The van der Waals surface area contributed by atoms with E-state index in [9.17, 15) is 0 Å². The molecule has 0 saturated carbocycles. The van der Waals surface area contributed by atoms with Gasteiger partial charge in [0.25, 0.3) is 0 Å². The molecule has 0 aliphatic heterocycles. The molecule has 0 spiro atoms. The lowest BCUT2D eigenvalue weighted by atomic mass is 10.3. The van der Waals surface area contributed by atoms with E-state index in [1.807, 2.05) is 25.1 Å². The van der Waals surface area contributed by atoms with E-state index in [2.05, 4.69) is 9.97 Å². The van der Waals surface area contributed by atoms with Crippen LogP contribution in [0.3, 0.4) is 0 Å². The second-order valence-corrected chi connectivity index (χ2v) is 4.33. The first-order valence-corrected chi connectivity index (χ1v) is 5.69. The normalized spacial score (nSPS) is 11.1. The molecule has 1 aromatic carbocycles. The van der Waals surface area contributed by atoms with Gasteiger partial charge in [0.05, 0.1) is 16.9 Å². The van der Waals surface area contributed by atoms with Crippen molar-refractivity contribution in [3.8, 4) is 10.8 Å². The Bertz CT molecular complexity index is 656. The maximum atomic E-state index is 5.83. The SMILES string of the molecule is Cc1ncsc1-c1nc2c(N)cccc2o1. The molecule has 2 N–H and O–H groups in total. The van der Waals surface area contributed by atoms with Crippen LogP contribution < -0.4 is 5.73 Å². The number of nitrogen functional groups attached to an aromatic ring is 1. The molecule has 2 aromatic heterocycles. The summed E-state index contributed by atoms with van der Waals surface area (Å²) in [4.78, 5) is 9.52. The van der Waals surface area contributed by atoms with Crippen LogP contribution in [0, 0.1) is 6.92 Å². The fourth-order valence-electron chi connectivity index (χ4n) is 1.57. The summed E-state index contributed by atoms with van der Waals surface area (Å²) in [5.41, 5.74) is 10.6. The molecule has 0 unspecified atom stereocenters. The maximum absolute atomic E-state index is 5.83. The summed E-state index contributed by atoms with van der Waals surface area (Å²) >= 11 is 1.52. The van der Waals surface area contributed by atoms with Gasteiger partial charge in [-0.2, -0.15) is 0 Å².